The van der Waals surface area contributed by atoms with Crippen LogP contribution in [0.15, 0.2) is 29.2 Å². The van der Waals surface area contributed by atoms with Crippen molar-refractivity contribution in [3.05, 3.63) is 30.1 Å². The largest absolute Gasteiger partial charge is 0.317 e. The first-order valence-corrected chi connectivity index (χ1v) is 7.41. The lowest BCUT2D eigenvalue weighted by atomic mass is 10.1. The summed E-state index contributed by atoms with van der Waals surface area (Å²) < 4.78 is 39.5. The highest BCUT2D eigenvalue weighted by atomic mass is 32.2. The second kappa shape index (κ2) is 5.34. The summed E-state index contributed by atoms with van der Waals surface area (Å²) in [5.41, 5.74) is 0. The molecule has 1 aromatic rings. The van der Waals surface area contributed by atoms with Gasteiger partial charge in [-0.05, 0) is 32.0 Å². The van der Waals surface area contributed by atoms with Gasteiger partial charge in [-0.15, -0.1) is 0 Å². The van der Waals surface area contributed by atoms with Crippen molar-refractivity contribution in [2.24, 2.45) is 0 Å². The SMILES string of the molecule is CNC1CCN(S(=O)(=O)c2ccccc2F)CC1. The molecule has 100 valence electrons. The Morgan fingerprint density at radius 1 is 1.28 bits per heavy atom. The van der Waals surface area contributed by atoms with Crippen molar-refractivity contribution in [1.82, 2.24) is 9.62 Å². The lowest BCUT2D eigenvalue weighted by molar-refractivity contribution is 0.297. The maximum absolute atomic E-state index is 13.6. The van der Waals surface area contributed by atoms with Gasteiger partial charge in [0.05, 0.1) is 0 Å². The summed E-state index contributed by atoms with van der Waals surface area (Å²) in [5, 5.41) is 3.13. The monoisotopic (exact) mass is 272 g/mol. The average Bonchev–Trinajstić information content (AvgIpc) is 2.39. The van der Waals surface area contributed by atoms with Crippen molar-refractivity contribution in [3.8, 4) is 0 Å². The molecule has 1 fully saturated rings. The second-order valence-electron chi connectivity index (χ2n) is 4.40. The molecule has 0 spiro atoms. The van der Waals surface area contributed by atoms with E-state index in [1.807, 2.05) is 7.05 Å². The first kappa shape index (κ1) is 13.5. The highest BCUT2D eigenvalue weighted by molar-refractivity contribution is 7.89. The Morgan fingerprint density at radius 3 is 2.44 bits per heavy atom. The molecule has 6 heteroatoms. The molecule has 0 atom stereocenters. The molecule has 1 aliphatic rings. The van der Waals surface area contributed by atoms with Crippen LogP contribution in [0.5, 0.6) is 0 Å². The third-order valence-electron chi connectivity index (χ3n) is 3.32. The molecule has 0 amide bonds. The van der Waals surface area contributed by atoms with E-state index in [1.54, 1.807) is 0 Å². The smallest absolute Gasteiger partial charge is 0.245 e. The zero-order valence-corrected chi connectivity index (χ0v) is 11.1. The van der Waals surface area contributed by atoms with Crippen LogP contribution in [-0.2, 0) is 10.0 Å². The van der Waals surface area contributed by atoms with Crippen molar-refractivity contribution < 1.29 is 12.8 Å². The van der Waals surface area contributed by atoms with Gasteiger partial charge in [-0.1, -0.05) is 12.1 Å². The number of rotatable bonds is 3. The summed E-state index contributed by atoms with van der Waals surface area (Å²) >= 11 is 0. The Kier molecular flexibility index (Phi) is 3.99. The highest BCUT2D eigenvalue weighted by Gasteiger charge is 2.30. The van der Waals surface area contributed by atoms with Crippen LogP contribution in [-0.4, -0.2) is 38.9 Å². The van der Waals surface area contributed by atoms with E-state index in [0.717, 1.165) is 12.8 Å². The minimum Gasteiger partial charge on any atom is -0.317 e. The van der Waals surface area contributed by atoms with Gasteiger partial charge in [0.1, 0.15) is 10.7 Å². The Morgan fingerprint density at radius 2 is 1.89 bits per heavy atom. The Bertz CT molecular complexity index is 511. The number of nitrogens with one attached hydrogen (secondary N) is 1. The van der Waals surface area contributed by atoms with Gasteiger partial charge in [-0.25, -0.2) is 12.8 Å². The molecular weight excluding hydrogens is 255 g/mol. The molecule has 18 heavy (non-hydrogen) atoms. The van der Waals surface area contributed by atoms with Gasteiger partial charge in [0, 0.05) is 19.1 Å². The van der Waals surface area contributed by atoms with E-state index in [0.29, 0.717) is 19.1 Å². The van der Waals surface area contributed by atoms with E-state index in [-0.39, 0.29) is 4.90 Å². The molecular formula is C12H17FN2O2S. The number of nitrogens with zero attached hydrogens (tertiary/aromatic N) is 1. The van der Waals surface area contributed by atoms with Crippen LogP contribution < -0.4 is 5.32 Å². The molecule has 1 aromatic carbocycles. The Balaban J connectivity index is 2.20. The fourth-order valence-corrected chi connectivity index (χ4v) is 3.71. The third kappa shape index (κ3) is 2.55. The standard InChI is InChI=1S/C12H17FN2O2S/c1-14-10-6-8-15(9-7-10)18(16,17)12-5-3-2-4-11(12)13/h2-5,10,14H,6-9H2,1H3. The molecule has 4 nitrogen and oxygen atoms in total. The number of sulfonamides is 1. The quantitative estimate of drug-likeness (QED) is 0.899. The first-order valence-electron chi connectivity index (χ1n) is 5.97. The molecule has 0 saturated carbocycles. The van der Waals surface area contributed by atoms with Gasteiger partial charge in [0.2, 0.25) is 10.0 Å². The first-order chi connectivity index (χ1) is 8.55. The summed E-state index contributed by atoms with van der Waals surface area (Å²) in [4.78, 5) is -0.229. The van der Waals surface area contributed by atoms with Crippen molar-refractivity contribution >= 4 is 10.0 Å². The van der Waals surface area contributed by atoms with Crippen LogP contribution in [0.3, 0.4) is 0 Å². The van der Waals surface area contributed by atoms with Crippen molar-refractivity contribution in [1.29, 1.82) is 0 Å². The maximum atomic E-state index is 13.6. The van der Waals surface area contributed by atoms with Crippen LogP contribution in [0, 0.1) is 5.82 Å². The summed E-state index contributed by atoms with van der Waals surface area (Å²) in [6, 6.07) is 5.86. The molecule has 1 aliphatic heterocycles. The summed E-state index contributed by atoms with van der Waals surface area (Å²) in [7, 11) is -1.83. The van der Waals surface area contributed by atoms with Crippen molar-refractivity contribution in [2.45, 2.75) is 23.8 Å². The molecule has 0 radical (unpaired) electrons. The van der Waals surface area contributed by atoms with Gasteiger partial charge in [-0.2, -0.15) is 4.31 Å². The van der Waals surface area contributed by atoms with Crippen LogP contribution in [0.4, 0.5) is 4.39 Å². The molecule has 1 saturated heterocycles. The molecule has 2 rings (SSSR count). The maximum Gasteiger partial charge on any atom is 0.245 e. The predicted octanol–water partition coefficient (Wildman–Crippen LogP) is 1.20. The van der Waals surface area contributed by atoms with Gasteiger partial charge in [-0.3, -0.25) is 0 Å². The average molecular weight is 272 g/mol. The number of hydrogen-bond acceptors (Lipinski definition) is 3. The van der Waals surface area contributed by atoms with Crippen LogP contribution in [0.25, 0.3) is 0 Å². The second-order valence-corrected chi connectivity index (χ2v) is 6.30. The number of halogens is 1. The van der Waals surface area contributed by atoms with E-state index in [4.69, 9.17) is 0 Å². The molecule has 0 aliphatic carbocycles. The lowest BCUT2D eigenvalue weighted by Crippen LogP contribution is -2.44. The molecule has 1 N–H and O–H groups in total. The van der Waals surface area contributed by atoms with Gasteiger partial charge >= 0.3 is 0 Å². The van der Waals surface area contributed by atoms with Crippen LogP contribution in [0.2, 0.25) is 0 Å². The fourth-order valence-electron chi connectivity index (χ4n) is 2.18. The molecule has 0 aromatic heterocycles. The van der Waals surface area contributed by atoms with Crippen molar-refractivity contribution in [3.63, 3.8) is 0 Å². The Hall–Kier alpha value is -0.980. The number of hydrogen-bond donors (Lipinski definition) is 1. The van der Waals surface area contributed by atoms with E-state index in [1.165, 1.54) is 28.6 Å². The van der Waals surface area contributed by atoms with Gasteiger partial charge in [0.25, 0.3) is 0 Å². The predicted molar refractivity (Wildman–Crippen MR) is 67.2 cm³/mol. The zero-order chi connectivity index (χ0) is 13.2. The fraction of sp³-hybridized carbons (Fsp3) is 0.500. The topological polar surface area (TPSA) is 49.4 Å². The lowest BCUT2D eigenvalue weighted by Gasteiger charge is -2.31. The summed E-state index contributed by atoms with van der Waals surface area (Å²) in [6.07, 6.45) is 1.51. The van der Waals surface area contributed by atoms with Crippen LogP contribution in [0.1, 0.15) is 12.8 Å². The minimum atomic E-state index is -3.69. The van der Waals surface area contributed by atoms with Gasteiger partial charge < -0.3 is 5.32 Å². The molecule has 0 unspecified atom stereocenters. The van der Waals surface area contributed by atoms with Crippen molar-refractivity contribution in [2.75, 3.05) is 20.1 Å². The molecule has 0 bridgehead atoms. The van der Waals surface area contributed by atoms with E-state index < -0.39 is 15.8 Å². The highest BCUT2D eigenvalue weighted by Crippen LogP contribution is 2.22. The van der Waals surface area contributed by atoms with E-state index >= 15 is 0 Å². The molecule has 1 heterocycles. The number of piperidine rings is 1. The Labute approximate surface area is 107 Å². The summed E-state index contributed by atoms with van der Waals surface area (Å²) in [5.74, 6) is -0.687. The number of benzene rings is 1. The van der Waals surface area contributed by atoms with E-state index in [9.17, 15) is 12.8 Å². The summed E-state index contributed by atoms with van der Waals surface area (Å²) in [6.45, 7) is 0.865. The van der Waals surface area contributed by atoms with Crippen LogP contribution >= 0.6 is 0 Å². The third-order valence-corrected chi connectivity index (χ3v) is 5.25. The van der Waals surface area contributed by atoms with Gasteiger partial charge in [0.15, 0.2) is 0 Å². The minimum absolute atomic E-state index is 0.229. The zero-order valence-electron chi connectivity index (χ0n) is 10.3. The normalized spacial score (nSPS) is 19.0. The van der Waals surface area contributed by atoms with E-state index in [2.05, 4.69) is 5.32 Å².